The number of hydrogen-bond donors (Lipinski definition) is 1. The topological polar surface area (TPSA) is 12.0 Å². The van der Waals surface area contributed by atoms with Crippen molar-refractivity contribution in [3.63, 3.8) is 0 Å². The van der Waals surface area contributed by atoms with Gasteiger partial charge in [0.2, 0.25) is 0 Å². The molecule has 1 N–H and O–H groups in total. The van der Waals surface area contributed by atoms with Crippen molar-refractivity contribution in [3.8, 4) is 0 Å². The summed E-state index contributed by atoms with van der Waals surface area (Å²) in [6.07, 6.45) is 3.55. The van der Waals surface area contributed by atoms with Crippen molar-refractivity contribution in [2.24, 2.45) is 0 Å². The Bertz CT molecular complexity index is 337. The van der Waals surface area contributed by atoms with Gasteiger partial charge in [-0.15, -0.1) is 0 Å². The Kier molecular flexibility index (Phi) is 5.63. The lowest BCUT2D eigenvalue weighted by atomic mass is 10.1. The maximum absolute atomic E-state index is 13.5. The molecule has 2 heteroatoms. The van der Waals surface area contributed by atoms with Gasteiger partial charge in [0.15, 0.2) is 0 Å². The molecule has 1 rings (SSSR count). The first-order chi connectivity index (χ1) is 8.08. The van der Waals surface area contributed by atoms with Gasteiger partial charge in [-0.2, -0.15) is 0 Å². The minimum absolute atomic E-state index is 0.0747. The molecule has 0 aliphatic heterocycles. The molecule has 1 aromatic carbocycles. The van der Waals surface area contributed by atoms with Gasteiger partial charge in [-0.05, 0) is 43.4 Å². The molecular weight excluding hydrogens is 213 g/mol. The standard InChI is InChI=1S/C15H24FN/c1-5-7-14(6-2)17-10-13-8-11(3)15(16)12(4)9-13/h8-9,14,17H,5-7,10H2,1-4H3. The predicted molar refractivity (Wildman–Crippen MR) is 71.7 cm³/mol. The fourth-order valence-corrected chi connectivity index (χ4v) is 2.20. The van der Waals surface area contributed by atoms with E-state index in [2.05, 4.69) is 19.2 Å². The minimum Gasteiger partial charge on any atom is -0.310 e. The monoisotopic (exact) mass is 237 g/mol. The molecule has 1 aromatic rings. The minimum atomic E-state index is -0.0747. The highest BCUT2D eigenvalue weighted by atomic mass is 19.1. The van der Waals surface area contributed by atoms with Crippen LogP contribution in [0.2, 0.25) is 0 Å². The smallest absolute Gasteiger partial charge is 0.129 e. The SMILES string of the molecule is CCCC(CC)NCc1cc(C)c(F)c(C)c1. The molecule has 0 saturated heterocycles. The molecule has 0 spiro atoms. The Balaban J connectivity index is 2.63. The van der Waals surface area contributed by atoms with Crippen LogP contribution in [0.25, 0.3) is 0 Å². The number of nitrogens with one attached hydrogen (secondary N) is 1. The number of aryl methyl sites for hydroxylation is 2. The molecule has 96 valence electrons. The van der Waals surface area contributed by atoms with Crippen LogP contribution < -0.4 is 5.32 Å². The van der Waals surface area contributed by atoms with Crippen LogP contribution in [0.15, 0.2) is 12.1 Å². The molecule has 17 heavy (non-hydrogen) atoms. The molecule has 0 aliphatic rings. The third-order valence-corrected chi connectivity index (χ3v) is 3.22. The summed E-state index contributed by atoms with van der Waals surface area (Å²) in [5.74, 6) is -0.0747. The second-order valence-electron chi connectivity index (χ2n) is 4.82. The summed E-state index contributed by atoms with van der Waals surface area (Å²) in [6.45, 7) is 8.90. The molecular formula is C15H24FN. The van der Waals surface area contributed by atoms with Crippen molar-refractivity contribution in [1.82, 2.24) is 5.32 Å². The maximum atomic E-state index is 13.5. The summed E-state index contributed by atoms with van der Waals surface area (Å²) in [6, 6.07) is 4.45. The number of halogens is 1. The number of benzene rings is 1. The summed E-state index contributed by atoms with van der Waals surface area (Å²) in [7, 11) is 0. The zero-order chi connectivity index (χ0) is 12.8. The fourth-order valence-electron chi connectivity index (χ4n) is 2.20. The van der Waals surface area contributed by atoms with Gasteiger partial charge in [-0.1, -0.05) is 32.4 Å². The first-order valence-corrected chi connectivity index (χ1v) is 6.57. The van der Waals surface area contributed by atoms with Crippen molar-refractivity contribution in [2.45, 2.75) is 59.5 Å². The number of rotatable bonds is 6. The van der Waals surface area contributed by atoms with E-state index in [9.17, 15) is 4.39 Å². The first kappa shape index (κ1) is 14.2. The lowest BCUT2D eigenvalue weighted by Crippen LogP contribution is -2.27. The Morgan fingerprint density at radius 2 is 1.76 bits per heavy atom. The van der Waals surface area contributed by atoms with Crippen molar-refractivity contribution in [2.75, 3.05) is 0 Å². The Hall–Kier alpha value is -0.890. The van der Waals surface area contributed by atoms with E-state index in [1.54, 1.807) is 0 Å². The van der Waals surface area contributed by atoms with Crippen molar-refractivity contribution in [3.05, 3.63) is 34.6 Å². The van der Waals surface area contributed by atoms with Crippen molar-refractivity contribution in [1.29, 1.82) is 0 Å². The molecule has 1 unspecified atom stereocenters. The fraction of sp³-hybridized carbons (Fsp3) is 0.600. The van der Waals surface area contributed by atoms with Gasteiger partial charge in [0.25, 0.3) is 0 Å². The molecule has 0 aliphatic carbocycles. The Labute approximate surface area is 104 Å². The molecule has 0 saturated carbocycles. The highest BCUT2D eigenvalue weighted by molar-refractivity contribution is 5.30. The lowest BCUT2D eigenvalue weighted by Gasteiger charge is -2.16. The largest absolute Gasteiger partial charge is 0.310 e. The van der Waals surface area contributed by atoms with Gasteiger partial charge in [-0.25, -0.2) is 4.39 Å². The summed E-state index contributed by atoms with van der Waals surface area (Å²) < 4.78 is 13.5. The van der Waals surface area contributed by atoms with E-state index in [1.165, 1.54) is 18.4 Å². The van der Waals surface area contributed by atoms with Crippen LogP contribution >= 0.6 is 0 Å². The van der Waals surface area contributed by atoms with Crippen LogP contribution in [-0.4, -0.2) is 6.04 Å². The highest BCUT2D eigenvalue weighted by Crippen LogP contribution is 2.15. The first-order valence-electron chi connectivity index (χ1n) is 6.57. The van der Waals surface area contributed by atoms with Gasteiger partial charge in [0, 0.05) is 12.6 Å². The molecule has 1 atom stereocenters. The van der Waals surface area contributed by atoms with Crippen LogP contribution in [0.4, 0.5) is 4.39 Å². The van der Waals surface area contributed by atoms with Crippen LogP contribution in [-0.2, 0) is 6.54 Å². The molecule has 0 amide bonds. The molecule has 0 fully saturated rings. The summed E-state index contributed by atoms with van der Waals surface area (Å²) >= 11 is 0. The summed E-state index contributed by atoms with van der Waals surface area (Å²) in [5, 5.41) is 3.54. The van der Waals surface area contributed by atoms with E-state index in [4.69, 9.17) is 0 Å². The average Bonchev–Trinajstić information content (AvgIpc) is 2.31. The second-order valence-corrected chi connectivity index (χ2v) is 4.82. The van der Waals surface area contributed by atoms with Gasteiger partial charge < -0.3 is 5.32 Å². The zero-order valence-electron chi connectivity index (χ0n) is 11.4. The highest BCUT2D eigenvalue weighted by Gasteiger charge is 2.07. The molecule has 0 aromatic heterocycles. The van der Waals surface area contributed by atoms with E-state index >= 15 is 0 Å². The maximum Gasteiger partial charge on any atom is 0.129 e. The van der Waals surface area contributed by atoms with E-state index < -0.39 is 0 Å². The van der Waals surface area contributed by atoms with Crippen molar-refractivity contribution < 1.29 is 4.39 Å². The molecule has 1 nitrogen and oxygen atoms in total. The van der Waals surface area contributed by atoms with Gasteiger partial charge >= 0.3 is 0 Å². The molecule has 0 bridgehead atoms. The zero-order valence-corrected chi connectivity index (χ0v) is 11.4. The van der Waals surface area contributed by atoms with Gasteiger partial charge in [0.1, 0.15) is 5.82 Å². The van der Waals surface area contributed by atoms with Gasteiger partial charge in [-0.3, -0.25) is 0 Å². The predicted octanol–water partition coefficient (Wildman–Crippen LogP) is 4.11. The van der Waals surface area contributed by atoms with Gasteiger partial charge in [0.05, 0.1) is 0 Å². The summed E-state index contributed by atoms with van der Waals surface area (Å²) in [4.78, 5) is 0. The molecule has 0 radical (unpaired) electrons. The van der Waals surface area contributed by atoms with Crippen LogP contribution in [0.1, 0.15) is 49.8 Å². The van der Waals surface area contributed by atoms with Crippen LogP contribution in [0.3, 0.4) is 0 Å². The normalized spacial score (nSPS) is 12.8. The number of hydrogen-bond acceptors (Lipinski definition) is 1. The third kappa shape index (κ3) is 4.12. The van der Waals surface area contributed by atoms with E-state index in [0.29, 0.717) is 6.04 Å². The Morgan fingerprint density at radius 3 is 2.24 bits per heavy atom. The van der Waals surface area contributed by atoms with E-state index in [0.717, 1.165) is 24.1 Å². The lowest BCUT2D eigenvalue weighted by molar-refractivity contribution is 0.462. The van der Waals surface area contributed by atoms with Crippen molar-refractivity contribution >= 4 is 0 Å². The Morgan fingerprint density at radius 1 is 1.18 bits per heavy atom. The average molecular weight is 237 g/mol. The van der Waals surface area contributed by atoms with Crippen LogP contribution in [0, 0.1) is 19.7 Å². The summed E-state index contributed by atoms with van der Waals surface area (Å²) in [5.41, 5.74) is 2.66. The quantitative estimate of drug-likeness (QED) is 0.785. The molecule has 0 heterocycles. The second kappa shape index (κ2) is 6.75. The van der Waals surface area contributed by atoms with E-state index in [1.807, 2.05) is 26.0 Å². The van der Waals surface area contributed by atoms with Crippen LogP contribution in [0.5, 0.6) is 0 Å². The third-order valence-electron chi connectivity index (χ3n) is 3.22. The van der Waals surface area contributed by atoms with E-state index in [-0.39, 0.29) is 5.82 Å².